The second-order valence-electron chi connectivity index (χ2n) is 7.06. The molecule has 3 aromatic rings. The molecule has 172 valence electrons. The van der Waals surface area contributed by atoms with Crippen molar-refractivity contribution in [2.45, 2.75) is 18.4 Å². The quantitative estimate of drug-likeness (QED) is 0.496. The Morgan fingerprint density at radius 2 is 1.42 bits per heavy atom. The van der Waals surface area contributed by atoms with Crippen molar-refractivity contribution in [2.75, 3.05) is 13.7 Å². The van der Waals surface area contributed by atoms with Gasteiger partial charge in [-0.1, -0.05) is 55.5 Å². The third-order valence-electron chi connectivity index (χ3n) is 4.92. The molecule has 0 unspecified atom stereocenters. The third kappa shape index (κ3) is 5.76. The number of rotatable bonds is 8. The van der Waals surface area contributed by atoms with Gasteiger partial charge < -0.3 is 4.74 Å². The fourth-order valence-corrected chi connectivity index (χ4v) is 4.78. The number of hydrogen-bond donors (Lipinski definition) is 2. The maximum atomic E-state index is 13.4. The molecule has 0 fully saturated rings. The van der Waals surface area contributed by atoms with E-state index in [1.807, 2.05) is 30.3 Å². The third-order valence-corrected chi connectivity index (χ3v) is 6.87. The van der Waals surface area contributed by atoms with Gasteiger partial charge in [0.05, 0.1) is 7.11 Å². The number of hydrogen-bond acceptors (Lipinski definition) is 5. The number of amides is 2. The Bertz CT molecular complexity index is 1220. The van der Waals surface area contributed by atoms with E-state index in [9.17, 15) is 18.0 Å². The van der Waals surface area contributed by atoms with Crippen molar-refractivity contribution in [1.29, 1.82) is 0 Å². The van der Waals surface area contributed by atoms with Crippen molar-refractivity contribution in [3.8, 4) is 5.75 Å². The predicted octanol–water partition coefficient (Wildman–Crippen LogP) is 2.98. The molecule has 2 N–H and O–H groups in total. The van der Waals surface area contributed by atoms with Gasteiger partial charge in [0.25, 0.3) is 11.8 Å². The highest BCUT2D eigenvalue weighted by atomic mass is 32.2. The van der Waals surface area contributed by atoms with Crippen LogP contribution >= 0.6 is 0 Å². The normalized spacial score (nSPS) is 11.1. The zero-order chi connectivity index (χ0) is 23.8. The highest BCUT2D eigenvalue weighted by Gasteiger charge is 2.28. The first-order valence-corrected chi connectivity index (χ1v) is 11.7. The van der Waals surface area contributed by atoms with Crippen molar-refractivity contribution in [3.05, 3.63) is 95.6 Å². The van der Waals surface area contributed by atoms with Crippen LogP contribution in [-0.2, 0) is 16.6 Å². The molecule has 0 saturated carbocycles. The molecule has 3 rings (SSSR count). The number of methoxy groups -OCH3 is 1. The number of ether oxygens (including phenoxy) is 1. The van der Waals surface area contributed by atoms with Crippen LogP contribution in [0, 0.1) is 0 Å². The molecule has 0 aliphatic heterocycles. The Morgan fingerprint density at radius 3 is 2.00 bits per heavy atom. The summed E-state index contributed by atoms with van der Waals surface area (Å²) in [7, 11) is -2.62. The van der Waals surface area contributed by atoms with Gasteiger partial charge in [0.1, 0.15) is 10.6 Å². The minimum absolute atomic E-state index is 0.0542. The number of sulfonamides is 1. The summed E-state index contributed by atoms with van der Waals surface area (Å²) in [6.45, 7) is 2.14. The van der Waals surface area contributed by atoms with Crippen LogP contribution < -0.4 is 15.6 Å². The molecule has 0 aromatic heterocycles. The molecule has 8 nitrogen and oxygen atoms in total. The number of carbonyl (C=O) groups excluding carboxylic acids is 2. The summed E-state index contributed by atoms with van der Waals surface area (Å²) in [6, 6.07) is 21.7. The Labute approximate surface area is 193 Å². The van der Waals surface area contributed by atoms with Gasteiger partial charge in [-0.15, -0.1) is 0 Å². The maximum absolute atomic E-state index is 13.4. The van der Waals surface area contributed by atoms with Crippen LogP contribution in [0.1, 0.15) is 33.2 Å². The Hall–Kier alpha value is -3.69. The van der Waals surface area contributed by atoms with Crippen molar-refractivity contribution in [2.24, 2.45) is 0 Å². The molecular weight excluding hydrogens is 442 g/mol. The fourth-order valence-electron chi connectivity index (χ4n) is 3.16. The average Bonchev–Trinajstić information content (AvgIpc) is 2.86. The van der Waals surface area contributed by atoms with Gasteiger partial charge in [-0.05, 0) is 35.9 Å². The van der Waals surface area contributed by atoms with Gasteiger partial charge in [0.15, 0.2) is 0 Å². The standard InChI is InChI=1S/C24H25N3O5S/c1-3-27(17-18-10-6-4-7-11-18)33(30,31)22-16-20(14-15-21(22)32-2)24(29)26-25-23(28)19-12-8-5-9-13-19/h4-16H,3,17H2,1-2H3,(H,25,28)(H,26,29). The molecule has 0 atom stereocenters. The first-order valence-electron chi connectivity index (χ1n) is 10.2. The molecule has 0 aliphatic rings. The zero-order valence-corrected chi connectivity index (χ0v) is 19.1. The lowest BCUT2D eigenvalue weighted by atomic mass is 10.2. The summed E-state index contributed by atoms with van der Waals surface area (Å²) in [6.07, 6.45) is 0. The molecule has 0 radical (unpaired) electrons. The average molecular weight is 468 g/mol. The monoisotopic (exact) mass is 467 g/mol. The second-order valence-corrected chi connectivity index (χ2v) is 8.96. The Morgan fingerprint density at radius 1 is 0.848 bits per heavy atom. The number of carbonyl (C=O) groups is 2. The minimum Gasteiger partial charge on any atom is -0.495 e. The van der Waals surface area contributed by atoms with Crippen LogP contribution in [0.5, 0.6) is 5.75 Å². The lowest BCUT2D eigenvalue weighted by Crippen LogP contribution is -2.41. The van der Waals surface area contributed by atoms with Gasteiger partial charge in [0.2, 0.25) is 10.0 Å². The molecule has 0 aliphatic carbocycles. The first kappa shape index (κ1) is 24.0. The molecule has 2 amide bonds. The smallest absolute Gasteiger partial charge is 0.269 e. The molecular formula is C24H25N3O5S. The topological polar surface area (TPSA) is 105 Å². The van der Waals surface area contributed by atoms with Crippen LogP contribution in [0.15, 0.2) is 83.8 Å². The van der Waals surface area contributed by atoms with Crippen LogP contribution in [0.4, 0.5) is 0 Å². The summed E-state index contributed by atoms with van der Waals surface area (Å²) in [4.78, 5) is 24.6. The highest BCUT2D eigenvalue weighted by molar-refractivity contribution is 7.89. The maximum Gasteiger partial charge on any atom is 0.269 e. The van der Waals surface area contributed by atoms with E-state index in [1.54, 1.807) is 37.3 Å². The van der Waals surface area contributed by atoms with E-state index in [1.165, 1.54) is 29.6 Å². The summed E-state index contributed by atoms with van der Waals surface area (Å²) in [5.41, 5.74) is 5.89. The van der Waals surface area contributed by atoms with Gasteiger partial charge >= 0.3 is 0 Å². The van der Waals surface area contributed by atoms with Crippen molar-refractivity contribution in [3.63, 3.8) is 0 Å². The highest BCUT2D eigenvalue weighted by Crippen LogP contribution is 2.29. The van der Waals surface area contributed by atoms with E-state index in [-0.39, 0.29) is 29.3 Å². The molecule has 0 bridgehead atoms. The number of hydrazine groups is 1. The molecule has 3 aromatic carbocycles. The summed E-state index contributed by atoms with van der Waals surface area (Å²) < 4.78 is 33.4. The minimum atomic E-state index is -3.98. The van der Waals surface area contributed by atoms with E-state index in [0.29, 0.717) is 5.56 Å². The summed E-state index contributed by atoms with van der Waals surface area (Å²) >= 11 is 0. The lowest BCUT2D eigenvalue weighted by Gasteiger charge is -2.22. The van der Waals surface area contributed by atoms with Crippen molar-refractivity contribution >= 4 is 21.8 Å². The van der Waals surface area contributed by atoms with Crippen LogP contribution in [0.25, 0.3) is 0 Å². The number of nitrogens with one attached hydrogen (secondary N) is 2. The van der Waals surface area contributed by atoms with Crippen LogP contribution in [0.2, 0.25) is 0 Å². The Balaban J connectivity index is 1.83. The largest absolute Gasteiger partial charge is 0.495 e. The van der Waals surface area contributed by atoms with Gasteiger partial charge in [-0.2, -0.15) is 4.31 Å². The predicted molar refractivity (Wildman–Crippen MR) is 124 cm³/mol. The van der Waals surface area contributed by atoms with Gasteiger partial charge in [0, 0.05) is 24.2 Å². The van der Waals surface area contributed by atoms with Crippen LogP contribution in [0.3, 0.4) is 0 Å². The fraction of sp³-hybridized carbons (Fsp3) is 0.167. The SMILES string of the molecule is CCN(Cc1ccccc1)S(=O)(=O)c1cc(C(=O)NNC(=O)c2ccccc2)ccc1OC. The molecule has 0 saturated heterocycles. The Kier molecular flexibility index (Phi) is 7.81. The van der Waals surface area contributed by atoms with E-state index in [4.69, 9.17) is 4.74 Å². The number of benzene rings is 3. The van der Waals surface area contributed by atoms with E-state index in [2.05, 4.69) is 10.9 Å². The van der Waals surface area contributed by atoms with Crippen LogP contribution in [-0.4, -0.2) is 38.2 Å². The number of nitrogens with zero attached hydrogens (tertiary/aromatic N) is 1. The second kappa shape index (κ2) is 10.8. The summed E-state index contributed by atoms with van der Waals surface area (Å²) in [5, 5.41) is 0. The molecule has 33 heavy (non-hydrogen) atoms. The van der Waals surface area contributed by atoms with E-state index in [0.717, 1.165) is 5.56 Å². The van der Waals surface area contributed by atoms with E-state index < -0.39 is 21.8 Å². The molecule has 0 spiro atoms. The van der Waals surface area contributed by atoms with E-state index >= 15 is 0 Å². The lowest BCUT2D eigenvalue weighted by molar-refractivity contribution is 0.0846. The molecule has 9 heteroatoms. The van der Waals surface area contributed by atoms with Gasteiger partial charge in [-0.3, -0.25) is 20.4 Å². The zero-order valence-electron chi connectivity index (χ0n) is 18.3. The first-order chi connectivity index (χ1) is 15.9. The van der Waals surface area contributed by atoms with Crippen molar-refractivity contribution in [1.82, 2.24) is 15.2 Å². The van der Waals surface area contributed by atoms with Gasteiger partial charge in [-0.25, -0.2) is 8.42 Å². The van der Waals surface area contributed by atoms with Crippen molar-refractivity contribution < 1.29 is 22.7 Å². The summed E-state index contributed by atoms with van der Waals surface area (Å²) in [5.74, 6) is -1.04. The molecule has 0 heterocycles.